The highest BCUT2D eigenvalue weighted by molar-refractivity contribution is 5.42. The van der Waals surface area contributed by atoms with Crippen LogP contribution in [0.1, 0.15) is 24.4 Å². The molecule has 76 valence electrons. The monoisotopic (exact) mass is 193 g/mol. The van der Waals surface area contributed by atoms with E-state index in [9.17, 15) is 5.11 Å². The maximum atomic E-state index is 9.43. The van der Waals surface area contributed by atoms with Gasteiger partial charge in [-0.25, -0.2) is 0 Å². The molecule has 1 aromatic rings. The Morgan fingerprint density at radius 2 is 2.36 bits per heavy atom. The fourth-order valence-electron chi connectivity index (χ4n) is 1.88. The van der Waals surface area contributed by atoms with Gasteiger partial charge in [-0.2, -0.15) is 0 Å². The Labute approximate surface area is 83.7 Å². The minimum Gasteiger partial charge on any atom is -0.504 e. The van der Waals surface area contributed by atoms with Crippen molar-refractivity contribution in [2.45, 2.75) is 18.9 Å². The third-order valence-corrected chi connectivity index (χ3v) is 2.67. The quantitative estimate of drug-likeness (QED) is 0.752. The predicted octanol–water partition coefficient (Wildman–Crippen LogP) is 1.83. The first-order valence-corrected chi connectivity index (χ1v) is 4.91. The van der Waals surface area contributed by atoms with Gasteiger partial charge in [-0.1, -0.05) is 6.07 Å². The normalized spacial score (nSPS) is 21.1. The Bertz CT molecular complexity index is 319. The third kappa shape index (κ3) is 1.68. The summed E-state index contributed by atoms with van der Waals surface area (Å²) < 4.78 is 5.07. The van der Waals surface area contributed by atoms with Gasteiger partial charge in [0.15, 0.2) is 11.5 Å². The van der Waals surface area contributed by atoms with Crippen LogP contribution in [0.4, 0.5) is 0 Å². The van der Waals surface area contributed by atoms with E-state index in [0.29, 0.717) is 11.8 Å². The number of rotatable bonds is 2. The second-order valence-electron chi connectivity index (χ2n) is 3.58. The Morgan fingerprint density at radius 1 is 1.50 bits per heavy atom. The van der Waals surface area contributed by atoms with Crippen LogP contribution in [-0.2, 0) is 0 Å². The third-order valence-electron chi connectivity index (χ3n) is 2.67. The summed E-state index contributed by atoms with van der Waals surface area (Å²) in [4.78, 5) is 0. The molecule has 1 aromatic carbocycles. The molecule has 0 bridgehead atoms. The number of aromatic hydroxyl groups is 1. The van der Waals surface area contributed by atoms with Gasteiger partial charge >= 0.3 is 0 Å². The molecule has 0 aliphatic carbocycles. The van der Waals surface area contributed by atoms with Crippen LogP contribution in [0.3, 0.4) is 0 Å². The lowest BCUT2D eigenvalue weighted by Gasteiger charge is -2.12. The summed E-state index contributed by atoms with van der Waals surface area (Å²) in [5, 5.41) is 12.8. The minimum absolute atomic E-state index is 0.203. The number of methoxy groups -OCH3 is 1. The van der Waals surface area contributed by atoms with E-state index in [0.717, 1.165) is 13.0 Å². The van der Waals surface area contributed by atoms with Crippen molar-refractivity contribution in [1.82, 2.24) is 5.32 Å². The lowest BCUT2D eigenvalue weighted by atomic mass is 10.0. The van der Waals surface area contributed by atoms with E-state index in [1.54, 1.807) is 13.2 Å². The highest BCUT2D eigenvalue weighted by atomic mass is 16.5. The second-order valence-corrected chi connectivity index (χ2v) is 3.58. The topological polar surface area (TPSA) is 41.5 Å². The number of phenolic OH excluding ortho intramolecular Hbond substituents is 1. The molecule has 3 nitrogen and oxygen atoms in total. The first-order chi connectivity index (χ1) is 6.81. The van der Waals surface area contributed by atoms with Gasteiger partial charge in [-0.3, -0.25) is 0 Å². The van der Waals surface area contributed by atoms with Crippen molar-refractivity contribution in [2.24, 2.45) is 0 Å². The second kappa shape index (κ2) is 3.88. The van der Waals surface area contributed by atoms with Crippen molar-refractivity contribution >= 4 is 0 Å². The van der Waals surface area contributed by atoms with Gasteiger partial charge in [-0.15, -0.1) is 0 Å². The largest absolute Gasteiger partial charge is 0.504 e. The van der Waals surface area contributed by atoms with E-state index in [2.05, 4.69) is 5.32 Å². The van der Waals surface area contributed by atoms with Gasteiger partial charge in [0.1, 0.15) is 0 Å². The van der Waals surface area contributed by atoms with Crippen LogP contribution < -0.4 is 10.1 Å². The van der Waals surface area contributed by atoms with Crippen LogP contribution in [0.2, 0.25) is 0 Å². The van der Waals surface area contributed by atoms with E-state index in [-0.39, 0.29) is 5.75 Å². The number of benzene rings is 1. The summed E-state index contributed by atoms with van der Waals surface area (Å²) in [6, 6.07) is 5.96. The van der Waals surface area contributed by atoms with E-state index in [1.807, 2.05) is 12.1 Å². The molecule has 1 unspecified atom stereocenters. The van der Waals surface area contributed by atoms with Gasteiger partial charge in [-0.05, 0) is 37.1 Å². The van der Waals surface area contributed by atoms with E-state index in [4.69, 9.17) is 4.74 Å². The molecule has 0 spiro atoms. The first kappa shape index (κ1) is 9.34. The van der Waals surface area contributed by atoms with Crippen molar-refractivity contribution < 1.29 is 9.84 Å². The number of hydrogen-bond donors (Lipinski definition) is 2. The summed E-state index contributed by atoms with van der Waals surface area (Å²) in [5.74, 6) is 0.755. The standard InChI is InChI=1S/C11H15NO2/c1-14-11-7-8(4-5-10(11)13)9-3-2-6-12-9/h4-5,7,9,12-13H,2-3,6H2,1H3. The molecule has 2 rings (SSSR count). The van der Waals surface area contributed by atoms with Crippen LogP contribution in [-0.4, -0.2) is 18.8 Å². The zero-order chi connectivity index (χ0) is 9.97. The Kier molecular flexibility index (Phi) is 2.59. The fraction of sp³-hybridized carbons (Fsp3) is 0.455. The molecule has 1 aliphatic rings. The lowest BCUT2D eigenvalue weighted by Crippen LogP contribution is -2.12. The van der Waals surface area contributed by atoms with Gasteiger partial charge in [0.25, 0.3) is 0 Å². The number of nitrogens with one attached hydrogen (secondary N) is 1. The summed E-state index contributed by atoms with van der Waals surface area (Å²) in [6.07, 6.45) is 2.38. The van der Waals surface area contributed by atoms with Crippen molar-refractivity contribution in [3.63, 3.8) is 0 Å². The maximum absolute atomic E-state index is 9.43. The summed E-state index contributed by atoms with van der Waals surface area (Å²) in [7, 11) is 1.57. The molecule has 0 saturated carbocycles. The summed E-state index contributed by atoms with van der Waals surface area (Å²) in [6.45, 7) is 1.08. The lowest BCUT2D eigenvalue weighted by molar-refractivity contribution is 0.372. The molecule has 2 N–H and O–H groups in total. The highest BCUT2D eigenvalue weighted by Crippen LogP contribution is 2.31. The molecule has 14 heavy (non-hydrogen) atoms. The zero-order valence-electron chi connectivity index (χ0n) is 8.29. The van der Waals surface area contributed by atoms with E-state index >= 15 is 0 Å². The maximum Gasteiger partial charge on any atom is 0.160 e. The van der Waals surface area contributed by atoms with Crippen molar-refractivity contribution in [2.75, 3.05) is 13.7 Å². The average Bonchev–Trinajstić information content (AvgIpc) is 2.71. The molecule has 0 aromatic heterocycles. The first-order valence-electron chi connectivity index (χ1n) is 4.91. The van der Waals surface area contributed by atoms with Crippen molar-refractivity contribution in [3.05, 3.63) is 23.8 Å². The fourth-order valence-corrected chi connectivity index (χ4v) is 1.88. The van der Waals surface area contributed by atoms with Crippen LogP contribution >= 0.6 is 0 Å². The van der Waals surface area contributed by atoms with Crippen LogP contribution in [0.25, 0.3) is 0 Å². The molecule has 1 fully saturated rings. The zero-order valence-corrected chi connectivity index (χ0v) is 8.29. The summed E-state index contributed by atoms with van der Waals surface area (Å²) in [5.41, 5.74) is 1.19. The Balaban J connectivity index is 2.25. The molecule has 0 radical (unpaired) electrons. The van der Waals surface area contributed by atoms with Gasteiger partial charge in [0, 0.05) is 6.04 Å². The molecule has 1 saturated heterocycles. The molecule has 3 heteroatoms. The molecular formula is C11H15NO2. The Morgan fingerprint density at radius 3 is 3.00 bits per heavy atom. The van der Waals surface area contributed by atoms with E-state index < -0.39 is 0 Å². The van der Waals surface area contributed by atoms with Crippen LogP contribution in [0.5, 0.6) is 11.5 Å². The average molecular weight is 193 g/mol. The Hall–Kier alpha value is -1.22. The summed E-state index contributed by atoms with van der Waals surface area (Å²) >= 11 is 0. The molecule has 0 amide bonds. The molecule has 1 atom stereocenters. The van der Waals surface area contributed by atoms with E-state index in [1.165, 1.54) is 12.0 Å². The van der Waals surface area contributed by atoms with Gasteiger partial charge in [0.2, 0.25) is 0 Å². The molecule has 1 aliphatic heterocycles. The molecule has 1 heterocycles. The smallest absolute Gasteiger partial charge is 0.160 e. The molecular weight excluding hydrogens is 178 g/mol. The van der Waals surface area contributed by atoms with Crippen molar-refractivity contribution in [1.29, 1.82) is 0 Å². The van der Waals surface area contributed by atoms with Crippen LogP contribution in [0.15, 0.2) is 18.2 Å². The highest BCUT2D eigenvalue weighted by Gasteiger charge is 2.17. The van der Waals surface area contributed by atoms with Crippen LogP contribution in [0, 0.1) is 0 Å². The SMILES string of the molecule is COc1cc(C2CCCN2)ccc1O. The number of hydrogen-bond acceptors (Lipinski definition) is 3. The van der Waals surface area contributed by atoms with Gasteiger partial charge in [0.05, 0.1) is 7.11 Å². The predicted molar refractivity (Wildman–Crippen MR) is 54.6 cm³/mol. The number of phenols is 1. The van der Waals surface area contributed by atoms with Crippen molar-refractivity contribution in [3.8, 4) is 11.5 Å². The minimum atomic E-state index is 0.203. The number of ether oxygens (including phenoxy) is 1. The van der Waals surface area contributed by atoms with Gasteiger partial charge < -0.3 is 15.2 Å².